The van der Waals surface area contributed by atoms with Crippen molar-refractivity contribution in [2.24, 2.45) is 12.0 Å². The molecule has 0 radical (unpaired) electrons. The molecule has 2 N–H and O–H groups in total. The van der Waals surface area contributed by atoms with Crippen LogP contribution in [0.3, 0.4) is 0 Å². The molecular weight excluding hydrogens is 387 g/mol. The summed E-state index contributed by atoms with van der Waals surface area (Å²) < 4.78 is 21.4. The van der Waals surface area contributed by atoms with E-state index in [9.17, 15) is 4.39 Å². The predicted molar refractivity (Wildman–Crippen MR) is 114 cm³/mol. The lowest BCUT2D eigenvalue weighted by Crippen LogP contribution is -2.45. The summed E-state index contributed by atoms with van der Waals surface area (Å²) in [6, 6.07) is 3.19. The standard InChI is InChI=1S/C20H31FN8O/c1-4-30-12-6-10-23-20(24-13-18-27-26-15(2)28(18)3)25-16-8-11-29(14-16)19-17(21)7-5-9-22-19/h5,7,9,16H,4,6,8,10-14H2,1-3H3,(H2,23,24,25). The number of anilines is 1. The monoisotopic (exact) mass is 418 g/mol. The zero-order valence-corrected chi connectivity index (χ0v) is 17.9. The molecule has 3 heterocycles. The Balaban J connectivity index is 1.60. The van der Waals surface area contributed by atoms with Crippen LogP contribution in [0.1, 0.15) is 31.4 Å². The molecule has 0 bridgehead atoms. The van der Waals surface area contributed by atoms with Crippen LogP contribution < -0.4 is 15.5 Å². The Kier molecular flexibility index (Phi) is 7.95. The number of hydrogen-bond donors (Lipinski definition) is 2. The van der Waals surface area contributed by atoms with Gasteiger partial charge in [0.25, 0.3) is 0 Å². The summed E-state index contributed by atoms with van der Waals surface area (Å²) in [5, 5.41) is 15.1. The molecule has 2 aromatic rings. The molecule has 1 saturated heterocycles. The number of nitrogens with zero attached hydrogens (tertiary/aromatic N) is 6. The molecule has 9 nitrogen and oxygen atoms in total. The van der Waals surface area contributed by atoms with E-state index in [1.54, 1.807) is 12.3 Å². The van der Waals surface area contributed by atoms with Crippen LogP contribution in [-0.4, -0.2) is 64.6 Å². The summed E-state index contributed by atoms with van der Waals surface area (Å²) in [5.41, 5.74) is 0. The molecule has 2 aromatic heterocycles. The Morgan fingerprint density at radius 1 is 1.40 bits per heavy atom. The zero-order chi connectivity index (χ0) is 21.3. The van der Waals surface area contributed by atoms with Crippen LogP contribution >= 0.6 is 0 Å². The molecule has 1 fully saturated rings. The number of rotatable bonds is 9. The predicted octanol–water partition coefficient (Wildman–Crippen LogP) is 1.40. The van der Waals surface area contributed by atoms with E-state index in [1.807, 2.05) is 30.4 Å². The van der Waals surface area contributed by atoms with Gasteiger partial charge in [0.05, 0.1) is 0 Å². The Morgan fingerprint density at radius 2 is 2.27 bits per heavy atom. The molecule has 0 aromatic carbocycles. The first-order valence-corrected chi connectivity index (χ1v) is 10.4. The fraction of sp³-hybridized carbons (Fsp3) is 0.600. The summed E-state index contributed by atoms with van der Waals surface area (Å²) in [5.74, 6) is 2.47. The van der Waals surface area contributed by atoms with Crippen LogP contribution in [0, 0.1) is 12.7 Å². The van der Waals surface area contributed by atoms with Gasteiger partial charge in [-0.2, -0.15) is 0 Å². The van der Waals surface area contributed by atoms with Gasteiger partial charge in [0.1, 0.15) is 12.4 Å². The van der Waals surface area contributed by atoms with E-state index < -0.39 is 0 Å². The van der Waals surface area contributed by atoms with E-state index >= 15 is 0 Å². The molecule has 0 amide bonds. The van der Waals surface area contributed by atoms with Crippen LogP contribution in [-0.2, 0) is 18.3 Å². The fourth-order valence-electron chi connectivity index (χ4n) is 3.29. The number of hydrogen-bond acceptors (Lipinski definition) is 6. The third-order valence-electron chi connectivity index (χ3n) is 5.09. The van der Waals surface area contributed by atoms with Crippen molar-refractivity contribution < 1.29 is 9.13 Å². The van der Waals surface area contributed by atoms with E-state index in [1.165, 1.54) is 6.07 Å². The number of aromatic nitrogens is 4. The number of pyridine rings is 1. The second kappa shape index (κ2) is 10.9. The fourth-order valence-corrected chi connectivity index (χ4v) is 3.29. The van der Waals surface area contributed by atoms with E-state index in [4.69, 9.17) is 4.74 Å². The van der Waals surface area contributed by atoms with Crippen LogP contribution in [0.2, 0.25) is 0 Å². The Hall–Kier alpha value is -2.75. The summed E-state index contributed by atoms with van der Waals surface area (Å²) in [6.45, 7) is 7.89. The summed E-state index contributed by atoms with van der Waals surface area (Å²) >= 11 is 0. The maximum atomic E-state index is 14.1. The highest BCUT2D eigenvalue weighted by molar-refractivity contribution is 5.80. The van der Waals surface area contributed by atoms with Gasteiger partial charge in [0.2, 0.25) is 0 Å². The second-order valence-electron chi connectivity index (χ2n) is 7.25. The van der Waals surface area contributed by atoms with Crippen molar-refractivity contribution in [2.45, 2.75) is 39.3 Å². The smallest absolute Gasteiger partial charge is 0.191 e. The normalized spacial score (nSPS) is 16.9. The SMILES string of the molecule is CCOCCCNC(=NCc1nnc(C)n1C)NC1CCN(c2ncccc2F)C1. The lowest BCUT2D eigenvalue weighted by atomic mass is 10.3. The van der Waals surface area contributed by atoms with Crippen molar-refractivity contribution in [3.05, 3.63) is 35.8 Å². The Bertz CT molecular complexity index is 840. The minimum absolute atomic E-state index is 0.144. The van der Waals surface area contributed by atoms with Crippen molar-refractivity contribution in [1.29, 1.82) is 0 Å². The molecule has 164 valence electrons. The largest absolute Gasteiger partial charge is 0.382 e. The Labute approximate surface area is 176 Å². The van der Waals surface area contributed by atoms with Gasteiger partial charge in [-0.15, -0.1) is 10.2 Å². The van der Waals surface area contributed by atoms with E-state index in [0.717, 1.165) is 37.6 Å². The number of ether oxygens (including phenoxy) is 1. The zero-order valence-electron chi connectivity index (χ0n) is 17.9. The number of aryl methyl sites for hydroxylation is 1. The van der Waals surface area contributed by atoms with Crippen molar-refractivity contribution in [3.8, 4) is 0 Å². The van der Waals surface area contributed by atoms with Gasteiger partial charge < -0.3 is 24.8 Å². The first-order valence-electron chi connectivity index (χ1n) is 10.4. The van der Waals surface area contributed by atoms with Crippen molar-refractivity contribution in [1.82, 2.24) is 30.4 Å². The average molecular weight is 419 g/mol. The van der Waals surface area contributed by atoms with Crippen LogP contribution in [0.15, 0.2) is 23.3 Å². The molecule has 1 aliphatic rings. The highest BCUT2D eigenvalue weighted by Gasteiger charge is 2.26. The van der Waals surface area contributed by atoms with Gasteiger partial charge in [0.15, 0.2) is 23.4 Å². The first kappa shape index (κ1) is 21.9. The van der Waals surface area contributed by atoms with Crippen molar-refractivity contribution in [3.63, 3.8) is 0 Å². The van der Waals surface area contributed by atoms with Gasteiger partial charge in [-0.05, 0) is 38.8 Å². The Morgan fingerprint density at radius 3 is 3.00 bits per heavy atom. The topological polar surface area (TPSA) is 92.5 Å². The minimum Gasteiger partial charge on any atom is -0.382 e. The van der Waals surface area contributed by atoms with E-state index in [-0.39, 0.29) is 11.9 Å². The quantitative estimate of drug-likeness (QED) is 0.361. The van der Waals surface area contributed by atoms with Crippen LogP contribution in [0.5, 0.6) is 0 Å². The first-order chi connectivity index (χ1) is 14.6. The molecule has 30 heavy (non-hydrogen) atoms. The van der Waals surface area contributed by atoms with Crippen LogP contribution in [0.25, 0.3) is 0 Å². The number of halogens is 1. The molecule has 1 unspecified atom stereocenters. The third kappa shape index (κ3) is 5.88. The van der Waals surface area contributed by atoms with Gasteiger partial charge in [0, 0.05) is 52.1 Å². The number of guanidine groups is 1. The molecule has 0 aliphatic carbocycles. The van der Waals surface area contributed by atoms with Crippen LogP contribution in [0.4, 0.5) is 10.2 Å². The van der Waals surface area contributed by atoms with Gasteiger partial charge >= 0.3 is 0 Å². The van der Waals surface area contributed by atoms with Crippen molar-refractivity contribution >= 4 is 11.8 Å². The molecule has 1 atom stereocenters. The minimum atomic E-state index is -0.293. The number of aliphatic imine (C=N–C) groups is 1. The number of nitrogens with one attached hydrogen (secondary N) is 2. The third-order valence-corrected chi connectivity index (χ3v) is 5.09. The summed E-state index contributed by atoms with van der Waals surface area (Å²) in [7, 11) is 1.93. The van der Waals surface area contributed by atoms with E-state index in [2.05, 4.69) is 30.8 Å². The molecule has 3 rings (SSSR count). The second-order valence-corrected chi connectivity index (χ2v) is 7.25. The summed E-state index contributed by atoms with van der Waals surface area (Å²) in [6.07, 6.45) is 3.38. The average Bonchev–Trinajstić information content (AvgIpc) is 3.33. The van der Waals surface area contributed by atoms with E-state index in [0.29, 0.717) is 38.1 Å². The maximum absolute atomic E-state index is 14.1. The maximum Gasteiger partial charge on any atom is 0.191 e. The van der Waals surface area contributed by atoms with Gasteiger partial charge in [-0.25, -0.2) is 14.4 Å². The summed E-state index contributed by atoms with van der Waals surface area (Å²) in [4.78, 5) is 10.8. The highest BCUT2D eigenvalue weighted by Crippen LogP contribution is 2.20. The molecule has 1 aliphatic heterocycles. The lowest BCUT2D eigenvalue weighted by molar-refractivity contribution is 0.145. The molecule has 0 saturated carbocycles. The van der Waals surface area contributed by atoms with Gasteiger partial charge in [-0.1, -0.05) is 0 Å². The van der Waals surface area contributed by atoms with Crippen molar-refractivity contribution in [2.75, 3.05) is 37.7 Å². The lowest BCUT2D eigenvalue weighted by Gasteiger charge is -2.20. The molecule has 0 spiro atoms. The highest BCUT2D eigenvalue weighted by atomic mass is 19.1. The molecular formula is C20H31FN8O. The molecule has 10 heteroatoms. The van der Waals surface area contributed by atoms with Gasteiger partial charge in [-0.3, -0.25) is 0 Å².